The molecule has 0 saturated heterocycles. The van der Waals surface area contributed by atoms with Crippen LogP contribution in [0.3, 0.4) is 0 Å². The zero-order valence-corrected chi connectivity index (χ0v) is 17.8. The fourth-order valence-electron chi connectivity index (χ4n) is 3.97. The van der Waals surface area contributed by atoms with Crippen molar-refractivity contribution in [3.63, 3.8) is 0 Å². The summed E-state index contributed by atoms with van der Waals surface area (Å²) in [5, 5.41) is 20.6. The summed E-state index contributed by atoms with van der Waals surface area (Å²) >= 11 is 0. The minimum absolute atomic E-state index is 0.0413. The smallest absolute Gasteiger partial charge is 0.341 e. The molecule has 2 aromatic carbocycles. The molecule has 0 aliphatic heterocycles. The molecule has 3 rings (SSSR count). The Hall–Kier alpha value is -2.53. The number of hydrogen-bond donors (Lipinski definition) is 2. The molecule has 0 saturated carbocycles. The average Bonchev–Trinajstić information content (AvgIpc) is 2.69. The molecule has 156 valence electrons. The third-order valence-corrected chi connectivity index (χ3v) is 6.04. The topological polar surface area (TPSA) is 76.0 Å². The maximum atomic E-state index is 11.5. The van der Waals surface area contributed by atoms with Gasteiger partial charge in [-0.25, -0.2) is 4.79 Å². The van der Waals surface area contributed by atoms with Crippen LogP contribution in [0.15, 0.2) is 36.4 Å². The van der Waals surface area contributed by atoms with Crippen LogP contribution in [-0.2, 0) is 15.6 Å². The number of methoxy groups -OCH3 is 1. The van der Waals surface area contributed by atoms with Gasteiger partial charge in [-0.15, -0.1) is 0 Å². The summed E-state index contributed by atoms with van der Waals surface area (Å²) in [4.78, 5) is 11.5. The molecule has 5 nitrogen and oxygen atoms in total. The highest BCUT2D eigenvalue weighted by Gasteiger charge is 2.37. The van der Waals surface area contributed by atoms with Gasteiger partial charge in [-0.2, -0.15) is 0 Å². The summed E-state index contributed by atoms with van der Waals surface area (Å²) in [6.45, 7) is 9.08. The van der Waals surface area contributed by atoms with Gasteiger partial charge in [0.1, 0.15) is 29.8 Å². The number of aliphatic hydroxyl groups excluding tert-OH is 1. The second-order valence-electron chi connectivity index (χ2n) is 9.07. The predicted molar refractivity (Wildman–Crippen MR) is 112 cm³/mol. The molecule has 29 heavy (non-hydrogen) atoms. The molecule has 0 spiro atoms. The molecule has 2 aromatic rings. The highest BCUT2D eigenvalue weighted by Crippen LogP contribution is 2.46. The van der Waals surface area contributed by atoms with Gasteiger partial charge in [-0.1, -0.05) is 45.9 Å². The van der Waals surface area contributed by atoms with Crippen LogP contribution in [0.4, 0.5) is 0 Å². The Kier molecular flexibility index (Phi) is 5.63. The number of carbonyl (C=O) groups excluding carboxylic acids is 1. The minimum atomic E-state index is -0.802. The number of aliphatic hydroxyl groups is 1. The van der Waals surface area contributed by atoms with Crippen molar-refractivity contribution < 1.29 is 24.5 Å². The van der Waals surface area contributed by atoms with E-state index in [1.54, 1.807) is 6.07 Å². The third kappa shape index (κ3) is 4.25. The number of carbonyl (C=O) groups is 1. The van der Waals surface area contributed by atoms with Gasteiger partial charge in [0.2, 0.25) is 0 Å². The fraction of sp³-hybridized carbons (Fsp3) is 0.458. The molecule has 0 fully saturated rings. The van der Waals surface area contributed by atoms with E-state index in [9.17, 15) is 15.0 Å². The van der Waals surface area contributed by atoms with Gasteiger partial charge in [0.25, 0.3) is 0 Å². The minimum Gasteiger partial charge on any atom is -0.507 e. The first kappa shape index (κ1) is 21.2. The fourth-order valence-corrected chi connectivity index (χ4v) is 3.97. The van der Waals surface area contributed by atoms with Crippen molar-refractivity contribution in [3.8, 4) is 11.5 Å². The molecule has 0 radical (unpaired) electrons. The lowest BCUT2D eigenvalue weighted by molar-refractivity contribution is 0.0597. The van der Waals surface area contributed by atoms with Crippen LogP contribution in [-0.4, -0.2) is 29.9 Å². The summed E-state index contributed by atoms with van der Waals surface area (Å²) in [6.07, 6.45) is 1.45. The first-order chi connectivity index (χ1) is 13.5. The molecule has 1 aliphatic rings. The van der Waals surface area contributed by atoms with E-state index in [0.29, 0.717) is 5.75 Å². The first-order valence-corrected chi connectivity index (χ1v) is 9.92. The molecule has 1 atom stereocenters. The van der Waals surface area contributed by atoms with Crippen molar-refractivity contribution >= 4 is 5.97 Å². The van der Waals surface area contributed by atoms with Gasteiger partial charge in [-0.05, 0) is 52.5 Å². The van der Waals surface area contributed by atoms with Crippen LogP contribution in [0, 0.1) is 0 Å². The molecule has 0 bridgehead atoms. The van der Waals surface area contributed by atoms with Gasteiger partial charge < -0.3 is 19.7 Å². The van der Waals surface area contributed by atoms with E-state index < -0.39 is 12.1 Å². The summed E-state index contributed by atoms with van der Waals surface area (Å²) in [7, 11) is 1.25. The number of aromatic hydroxyl groups is 1. The monoisotopic (exact) mass is 398 g/mol. The van der Waals surface area contributed by atoms with E-state index in [2.05, 4.69) is 44.6 Å². The van der Waals surface area contributed by atoms with Crippen molar-refractivity contribution in [2.24, 2.45) is 0 Å². The van der Waals surface area contributed by atoms with Gasteiger partial charge in [0.05, 0.1) is 7.11 Å². The molecule has 0 amide bonds. The van der Waals surface area contributed by atoms with Crippen LogP contribution >= 0.6 is 0 Å². The Morgan fingerprint density at radius 2 is 1.69 bits per heavy atom. The molecular weight excluding hydrogens is 368 g/mol. The van der Waals surface area contributed by atoms with Crippen LogP contribution in [0.1, 0.15) is 73.7 Å². The number of esters is 1. The van der Waals surface area contributed by atoms with E-state index in [1.807, 2.05) is 6.07 Å². The third-order valence-electron chi connectivity index (χ3n) is 6.04. The van der Waals surface area contributed by atoms with Crippen molar-refractivity contribution in [2.75, 3.05) is 13.7 Å². The summed E-state index contributed by atoms with van der Waals surface area (Å²) in [5.41, 5.74) is 3.70. The molecule has 0 heterocycles. The molecule has 1 aliphatic carbocycles. The number of hydrogen-bond acceptors (Lipinski definition) is 5. The van der Waals surface area contributed by atoms with Gasteiger partial charge in [0.15, 0.2) is 0 Å². The SMILES string of the molecule is COC(=O)c1ccc(OCC(O)c2ccc3c(c2)C(C)(C)CCC3(C)C)cc1O. The number of phenols is 1. The van der Waals surface area contributed by atoms with E-state index in [4.69, 9.17) is 4.74 Å². The highest BCUT2D eigenvalue weighted by molar-refractivity contribution is 5.92. The average molecular weight is 398 g/mol. The van der Waals surface area contributed by atoms with Crippen LogP contribution in [0.5, 0.6) is 11.5 Å². The van der Waals surface area contributed by atoms with E-state index in [-0.39, 0.29) is 28.7 Å². The maximum Gasteiger partial charge on any atom is 0.341 e. The first-order valence-electron chi connectivity index (χ1n) is 9.92. The second kappa shape index (κ2) is 7.71. The second-order valence-corrected chi connectivity index (χ2v) is 9.07. The molecular formula is C24H30O5. The Morgan fingerprint density at radius 3 is 2.31 bits per heavy atom. The van der Waals surface area contributed by atoms with Crippen LogP contribution < -0.4 is 4.74 Å². The Bertz CT molecular complexity index is 913. The standard InChI is InChI=1S/C24H30O5/c1-23(2)10-11-24(3,4)19-12-15(6-9-18(19)23)21(26)14-29-16-7-8-17(20(25)13-16)22(27)28-5/h6-9,12-13,21,25-26H,10-11,14H2,1-5H3. The number of ether oxygens (including phenoxy) is 2. The number of benzene rings is 2. The molecule has 5 heteroatoms. The lowest BCUT2D eigenvalue weighted by Gasteiger charge is -2.42. The predicted octanol–water partition coefficient (Wildman–Crippen LogP) is 4.64. The Morgan fingerprint density at radius 1 is 1.03 bits per heavy atom. The van der Waals surface area contributed by atoms with Crippen LogP contribution in [0.25, 0.3) is 0 Å². The molecule has 1 unspecified atom stereocenters. The van der Waals surface area contributed by atoms with Crippen molar-refractivity contribution in [1.82, 2.24) is 0 Å². The van der Waals surface area contributed by atoms with E-state index in [1.165, 1.54) is 30.4 Å². The zero-order valence-electron chi connectivity index (χ0n) is 17.8. The normalized spacial score (nSPS) is 17.9. The zero-order chi connectivity index (χ0) is 21.4. The van der Waals surface area contributed by atoms with Gasteiger partial charge >= 0.3 is 5.97 Å². The van der Waals surface area contributed by atoms with E-state index in [0.717, 1.165) is 18.4 Å². The largest absolute Gasteiger partial charge is 0.507 e. The quantitative estimate of drug-likeness (QED) is 0.718. The van der Waals surface area contributed by atoms with Crippen molar-refractivity contribution in [2.45, 2.75) is 57.5 Å². The molecule has 2 N–H and O–H groups in total. The Labute approximate surface area is 172 Å². The maximum absolute atomic E-state index is 11.5. The number of fused-ring (bicyclic) bond motifs is 1. The molecule has 0 aromatic heterocycles. The summed E-state index contributed by atoms with van der Waals surface area (Å²) < 4.78 is 10.3. The lowest BCUT2D eigenvalue weighted by atomic mass is 9.63. The van der Waals surface area contributed by atoms with Crippen molar-refractivity contribution in [1.29, 1.82) is 0 Å². The highest BCUT2D eigenvalue weighted by atomic mass is 16.5. The van der Waals surface area contributed by atoms with Crippen molar-refractivity contribution in [3.05, 3.63) is 58.7 Å². The van der Waals surface area contributed by atoms with Gasteiger partial charge in [-0.3, -0.25) is 0 Å². The Balaban J connectivity index is 1.76. The summed E-state index contributed by atoms with van der Waals surface area (Å²) in [5.74, 6) is -0.469. The van der Waals surface area contributed by atoms with E-state index >= 15 is 0 Å². The summed E-state index contributed by atoms with van der Waals surface area (Å²) in [6, 6.07) is 10.5. The number of rotatable bonds is 5. The van der Waals surface area contributed by atoms with Gasteiger partial charge in [0, 0.05) is 6.07 Å². The number of phenolic OH excluding ortho intramolecular Hbond substituents is 1. The lowest BCUT2D eigenvalue weighted by Crippen LogP contribution is -2.34. The van der Waals surface area contributed by atoms with Crippen LogP contribution in [0.2, 0.25) is 0 Å².